The van der Waals surface area contributed by atoms with E-state index in [1.165, 1.54) is 26.4 Å². The summed E-state index contributed by atoms with van der Waals surface area (Å²) in [6.45, 7) is 1.81. The molecule has 0 aromatic heterocycles. The van der Waals surface area contributed by atoms with Crippen molar-refractivity contribution in [3.63, 3.8) is 0 Å². The second-order valence-electron chi connectivity index (χ2n) is 5.55. The molecule has 9 heteroatoms. The summed E-state index contributed by atoms with van der Waals surface area (Å²) in [4.78, 5) is 12.5. The molecule has 0 radical (unpaired) electrons. The van der Waals surface area contributed by atoms with Crippen LogP contribution >= 0.6 is 12.4 Å². The zero-order chi connectivity index (χ0) is 20.0. The van der Waals surface area contributed by atoms with Crippen molar-refractivity contribution in [1.82, 2.24) is 0 Å². The molecular weight excluding hydrogens is 389 g/mol. The van der Waals surface area contributed by atoms with E-state index in [1.807, 2.05) is 0 Å². The lowest BCUT2D eigenvalue weighted by atomic mass is 10.0. The normalized spacial score (nSPS) is 11.0. The molecule has 0 saturated carbocycles. The van der Waals surface area contributed by atoms with Crippen LogP contribution in [0.3, 0.4) is 0 Å². The Morgan fingerprint density at radius 3 is 2.36 bits per heavy atom. The second-order valence-corrected chi connectivity index (χ2v) is 5.55. The topological polar surface area (TPSA) is 107 Å². The van der Waals surface area contributed by atoms with E-state index in [0.29, 0.717) is 17.0 Å². The van der Waals surface area contributed by atoms with Gasteiger partial charge in [0.25, 0.3) is 0 Å². The van der Waals surface area contributed by atoms with Crippen molar-refractivity contribution in [3.8, 4) is 11.5 Å². The van der Waals surface area contributed by atoms with Crippen molar-refractivity contribution < 1.29 is 23.4 Å². The molecule has 2 aromatic rings. The number of amidine groups is 1. The molecule has 1 unspecified atom stereocenters. The fourth-order valence-electron chi connectivity index (χ4n) is 2.47. The van der Waals surface area contributed by atoms with Crippen molar-refractivity contribution in [3.05, 3.63) is 53.3 Å². The highest BCUT2D eigenvalue weighted by molar-refractivity contribution is 5.95. The standard InChI is InChI=1S/C19H22FN3O4.ClH/c1-4-27-19(24)17(23-12-7-5-11(6-8-12)18(21)22)14-9-13(25-2)10-15(26-3)16(14)20;/h5-10,17,23H,4H2,1-3H3,(H3,21,22);1H. The summed E-state index contributed by atoms with van der Waals surface area (Å²) in [5.41, 5.74) is 6.52. The molecule has 0 spiro atoms. The number of halogens is 2. The summed E-state index contributed by atoms with van der Waals surface area (Å²) >= 11 is 0. The van der Waals surface area contributed by atoms with Crippen LogP contribution in [0, 0.1) is 11.2 Å². The van der Waals surface area contributed by atoms with Gasteiger partial charge >= 0.3 is 5.97 Å². The van der Waals surface area contributed by atoms with E-state index >= 15 is 0 Å². The van der Waals surface area contributed by atoms with E-state index in [0.717, 1.165) is 0 Å². The van der Waals surface area contributed by atoms with Crippen LogP contribution in [0.5, 0.6) is 11.5 Å². The molecular formula is C19H23ClFN3O4. The molecule has 1 atom stereocenters. The lowest BCUT2D eigenvalue weighted by Gasteiger charge is -2.21. The van der Waals surface area contributed by atoms with Crippen LogP contribution in [-0.2, 0) is 9.53 Å². The Labute approximate surface area is 168 Å². The number of carbonyl (C=O) groups excluding carboxylic acids is 1. The highest BCUT2D eigenvalue weighted by Crippen LogP contribution is 2.33. The second kappa shape index (κ2) is 10.4. The fourth-order valence-corrected chi connectivity index (χ4v) is 2.47. The fraction of sp³-hybridized carbons (Fsp3) is 0.263. The average molecular weight is 412 g/mol. The molecule has 2 aromatic carbocycles. The number of rotatable bonds is 8. The number of carbonyl (C=O) groups is 1. The molecule has 0 fully saturated rings. The summed E-state index contributed by atoms with van der Waals surface area (Å²) in [6, 6.07) is 8.19. The maximum atomic E-state index is 14.8. The van der Waals surface area contributed by atoms with Gasteiger partial charge in [-0.05, 0) is 37.3 Å². The van der Waals surface area contributed by atoms with Gasteiger partial charge in [0.2, 0.25) is 0 Å². The van der Waals surface area contributed by atoms with Gasteiger partial charge in [0.05, 0.1) is 20.8 Å². The number of anilines is 1. The minimum atomic E-state index is -1.13. The Morgan fingerprint density at radius 2 is 1.86 bits per heavy atom. The minimum absolute atomic E-state index is 0. The highest BCUT2D eigenvalue weighted by Gasteiger charge is 2.28. The van der Waals surface area contributed by atoms with Gasteiger partial charge in [-0.25, -0.2) is 9.18 Å². The van der Waals surface area contributed by atoms with Gasteiger partial charge in [-0.15, -0.1) is 12.4 Å². The Morgan fingerprint density at radius 1 is 1.21 bits per heavy atom. The SMILES string of the molecule is CCOC(=O)C(Nc1ccc(C(=N)N)cc1)c1cc(OC)cc(OC)c1F.Cl. The van der Waals surface area contributed by atoms with Crippen LogP contribution < -0.4 is 20.5 Å². The van der Waals surface area contributed by atoms with Gasteiger partial charge in [0.15, 0.2) is 17.6 Å². The molecule has 7 nitrogen and oxygen atoms in total. The molecule has 0 amide bonds. The van der Waals surface area contributed by atoms with Crippen LogP contribution in [-0.4, -0.2) is 32.6 Å². The largest absolute Gasteiger partial charge is 0.497 e. The maximum absolute atomic E-state index is 14.8. The first-order valence-corrected chi connectivity index (χ1v) is 8.20. The Hall–Kier alpha value is -3.00. The molecule has 28 heavy (non-hydrogen) atoms. The third kappa shape index (κ3) is 5.26. The van der Waals surface area contributed by atoms with Crippen molar-refractivity contribution in [2.45, 2.75) is 13.0 Å². The third-order valence-corrected chi connectivity index (χ3v) is 3.84. The number of nitrogen functional groups attached to an aromatic ring is 1. The summed E-state index contributed by atoms with van der Waals surface area (Å²) in [5.74, 6) is -1.13. The van der Waals surface area contributed by atoms with Crippen LogP contribution in [0.4, 0.5) is 10.1 Å². The smallest absolute Gasteiger partial charge is 0.333 e. The quantitative estimate of drug-likeness (QED) is 0.349. The number of hydrogen-bond acceptors (Lipinski definition) is 6. The zero-order valence-corrected chi connectivity index (χ0v) is 16.6. The zero-order valence-electron chi connectivity index (χ0n) is 15.7. The predicted octanol–water partition coefficient (Wildman–Crippen LogP) is 3.27. The third-order valence-electron chi connectivity index (χ3n) is 3.84. The Balaban J connectivity index is 0.00000392. The molecule has 0 saturated heterocycles. The lowest BCUT2D eigenvalue weighted by Crippen LogP contribution is -2.24. The van der Waals surface area contributed by atoms with Gasteiger partial charge in [-0.1, -0.05) is 0 Å². The maximum Gasteiger partial charge on any atom is 0.333 e. The first-order valence-electron chi connectivity index (χ1n) is 8.20. The number of nitrogens with two attached hydrogens (primary N) is 1. The molecule has 4 N–H and O–H groups in total. The first-order chi connectivity index (χ1) is 12.9. The summed E-state index contributed by atoms with van der Waals surface area (Å²) in [7, 11) is 2.76. The highest BCUT2D eigenvalue weighted by atomic mass is 35.5. The molecule has 0 aliphatic rings. The van der Waals surface area contributed by atoms with E-state index in [4.69, 9.17) is 25.4 Å². The minimum Gasteiger partial charge on any atom is -0.497 e. The summed E-state index contributed by atoms with van der Waals surface area (Å²) in [6.07, 6.45) is 0. The molecule has 152 valence electrons. The predicted molar refractivity (Wildman–Crippen MR) is 107 cm³/mol. The molecule has 0 heterocycles. The lowest BCUT2D eigenvalue weighted by molar-refractivity contribution is -0.144. The number of ether oxygens (including phenoxy) is 3. The van der Waals surface area contributed by atoms with E-state index in [2.05, 4.69) is 5.32 Å². The number of hydrogen-bond donors (Lipinski definition) is 3. The van der Waals surface area contributed by atoms with Crippen LogP contribution in [0.1, 0.15) is 24.1 Å². The van der Waals surface area contributed by atoms with E-state index in [-0.39, 0.29) is 36.2 Å². The molecule has 0 aliphatic carbocycles. The van der Waals surface area contributed by atoms with Crippen LogP contribution in [0.25, 0.3) is 0 Å². The van der Waals surface area contributed by atoms with E-state index < -0.39 is 17.8 Å². The van der Waals surface area contributed by atoms with Crippen LogP contribution in [0.2, 0.25) is 0 Å². The van der Waals surface area contributed by atoms with Crippen molar-refractivity contribution in [1.29, 1.82) is 5.41 Å². The van der Waals surface area contributed by atoms with Gasteiger partial charge in [-0.2, -0.15) is 0 Å². The number of benzene rings is 2. The molecule has 2 rings (SSSR count). The monoisotopic (exact) mass is 411 g/mol. The number of esters is 1. The number of nitrogens with one attached hydrogen (secondary N) is 2. The summed E-state index contributed by atoms with van der Waals surface area (Å²) < 4.78 is 30.1. The van der Waals surface area contributed by atoms with Gasteiger partial charge in [-0.3, -0.25) is 5.41 Å². The molecule has 0 aliphatic heterocycles. The van der Waals surface area contributed by atoms with Crippen molar-refractivity contribution in [2.24, 2.45) is 5.73 Å². The average Bonchev–Trinajstić information content (AvgIpc) is 2.67. The van der Waals surface area contributed by atoms with E-state index in [9.17, 15) is 9.18 Å². The van der Waals surface area contributed by atoms with Gasteiger partial charge < -0.3 is 25.3 Å². The Bertz CT molecular complexity index is 831. The number of methoxy groups -OCH3 is 2. The summed E-state index contributed by atoms with van der Waals surface area (Å²) in [5, 5.41) is 10.4. The van der Waals surface area contributed by atoms with E-state index in [1.54, 1.807) is 31.2 Å². The first kappa shape index (κ1) is 23.0. The van der Waals surface area contributed by atoms with Gasteiger partial charge in [0, 0.05) is 22.9 Å². The van der Waals surface area contributed by atoms with Crippen molar-refractivity contribution in [2.75, 3.05) is 26.1 Å². The van der Waals surface area contributed by atoms with Crippen LogP contribution in [0.15, 0.2) is 36.4 Å². The molecule has 0 bridgehead atoms. The van der Waals surface area contributed by atoms with Crippen molar-refractivity contribution >= 4 is 29.9 Å². The Kier molecular flexibility index (Phi) is 8.53. The van der Waals surface area contributed by atoms with Gasteiger partial charge in [0.1, 0.15) is 11.6 Å².